The Morgan fingerprint density at radius 2 is 1.74 bits per heavy atom. The Kier molecular flexibility index (Phi) is 8.76. The van der Waals surface area contributed by atoms with Crippen LogP contribution in [0.25, 0.3) is 5.76 Å². The Labute approximate surface area is 206 Å². The molecular weight excluding hydrogens is 448 g/mol. The van der Waals surface area contributed by atoms with Crippen LogP contribution in [0.2, 0.25) is 0 Å². The van der Waals surface area contributed by atoms with Crippen LogP contribution in [0.1, 0.15) is 37.4 Å². The minimum atomic E-state index is -0.768. The number of hydrogen-bond donors (Lipinski definition) is 1. The highest BCUT2D eigenvalue weighted by Crippen LogP contribution is 2.42. The number of likely N-dealkylation sites (N-methyl/N-ethyl adjacent to an activating group) is 1. The van der Waals surface area contributed by atoms with E-state index in [0.29, 0.717) is 54.7 Å². The molecule has 0 aliphatic carbocycles. The van der Waals surface area contributed by atoms with Crippen LogP contribution >= 0.6 is 0 Å². The number of methoxy groups -OCH3 is 1. The molecule has 0 saturated carbocycles. The van der Waals surface area contributed by atoms with Gasteiger partial charge in [0.25, 0.3) is 11.7 Å². The fraction of sp³-hybridized carbons (Fsp3) is 0.407. The molecule has 2 aromatic carbocycles. The molecule has 1 aliphatic heterocycles. The number of aliphatic hydroxyl groups excluding tert-OH is 1. The van der Waals surface area contributed by atoms with E-state index in [1.165, 1.54) is 4.90 Å². The number of nitrogens with zero attached hydrogens (tertiary/aromatic N) is 2. The molecule has 0 aromatic heterocycles. The first kappa shape index (κ1) is 26.1. The second-order valence-electron chi connectivity index (χ2n) is 8.51. The first-order valence-corrected chi connectivity index (χ1v) is 11.8. The van der Waals surface area contributed by atoms with Crippen molar-refractivity contribution in [2.75, 3.05) is 47.5 Å². The van der Waals surface area contributed by atoms with Gasteiger partial charge in [-0.25, -0.2) is 0 Å². The van der Waals surface area contributed by atoms with Crippen molar-refractivity contribution < 1.29 is 28.9 Å². The fourth-order valence-corrected chi connectivity index (χ4v) is 3.98. The summed E-state index contributed by atoms with van der Waals surface area (Å²) in [5, 5.41) is 11.2. The van der Waals surface area contributed by atoms with Crippen LogP contribution in [0.4, 0.5) is 0 Å². The van der Waals surface area contributed by atoms with Gasteiger partial charge in [-0.15, -0.1) is 0 Å². The average molecular weight is 483 g/mol. The van der Waals surface area contributed by atoms with E-state index in [4.69, 9.17) is 14.2 Å². The van der Waals surface area contributed by atoms with E-state index in [0.717, 1.165) is 6.42 Å². The highest BCUT2D eigenvalue weighted by atomic mass is 16.5. The van der Waals surface area contributed by atoms with E-state index < -0.39 is 17.7 Å². The quantitative estimate of drug-likeness (QED) is 0.296. The molecule has 1 heterocycles. The van der Waals surface area contributed by atoms with Crippen LogP contribution in [0.5, 0.6) is 17.2 Å². The van der Waals surface area contributed by atoms with Gasteiger partial charge in [0, 0.05) is 18.7 Å². The second kappa shape index (κ2) is 11.8. The summed E-state index contributed by atoms with van der Waals surface area (Å²) >= 11 is 0. The lowest BCUT2D eigenvalue weighted by Crippen LogP contribution is -2.35. The first-order chi connectivity index (χ1) is 16.8. The molecule has 1 aliphatic rings. The molecule has 35 heavy (non-hydrogen) atoms. The summed E-state index contributed by atoms with van der Waals surface area (Å²) in [5.41, 5.74) is 1.12. The Morgan fingerprint density at radius 3 is 2.34 bits per heavy atom. The van der Waals surface area contributed by atoms with Crippen molar-refractivity contribution in [3.8, 4) is 17.2 Å². The van der Waals surface area contributed by atoms with E-state index >= 15 is 0 Å². The monoisotopic (exact) mass is 482 g/mol. The molecule has 2 aromatic rings. The van der Waals surface area contributed by atoms with Gasteiger partial charge in [0.2, 0.25) is 0 Å². The number of hydrogen-bond acceptors (Lipinski definition) is 7. The van der Waals surface area contributed by atoms with Crippen LogP contribution in [0.3, 0.4) is 0 Å². The summed E-state index contributed by atoms with van der Waals surface area (Å²) in [6.45, 7) is 5.83. The Bertz CT molecular complexity index is 1080. The van der Waals surface area contributed by atoms with Crippen LogP contribution in [0, 0.1) is 0 Å². The van der Waals surface area contributed by atoms with Gasteiger partial charge in [0.15, 0.2) is 11.5 Å². The highest BCUT2D eigenvalue weighted by molar-refractivity contribution is 6.46. The molecule has 1 amide bonds. The van der Waals surface area contributed by atoms with Crippen molar-refractivity contribution in [1.82, 2.24) is 9.80 Å². The minimum Gasteiger partial charge on any atom is -0.507 e. The smallest absolute Gasteiger partial charge is 0.295 e. The van der Waals surface area contributed by atoms with E-state index in [9.17, 15) is 14.7 Å². The Balaban J connectivity index is 2.11. The van der Waals surface area contributed by atoms with Gasteiger partial charge in [-0.2, -0.15) is 0 Å². The zero-order valence-electron chi connectivity index (χ0n) is 21.0. The van der Waals surface area contributed by atoms with Crippen molar-refractivity contribution in [3.05, 3.63) is 59.2 Å². The average Bonchev–Trinajstić information content (AvgIpc) is 3.11. The molecule has 0 spiro atoms. The maximum atomic E-state index is 13.2. The standard InChI is InChI=1S/C27H34N2O6/c1-6-16-35-21-13-10-19(17-22(21)33-5)24-23(26(31)27(32)29(24)15-14-28(3)4)25(30)18-8-11-20(12-9-18)34-7-2/h8-13,17,24,30H,6-7,14-16H2,1-5H3/t24-/m1/s1. The lowest BCUT2D eigenvalue weighted by Gasteiger charge is -2.27. The number of ether oxygens (including phenoxy) is 3. The molecule has 8 heteroatoms. The molecule has 0 radical (unpaired) electrons. The van der Waals surface area contributed by atoms with Crippen molar-refractivity contribution in [3.63, 3.8) is 0 Å². The molecule has 1 N–H and O–H groups in total. The highest BCUT2D eigenvalue weighted by Gasteiger charge is 2.46. The van der Waals surface area contributed by atoms with E-state index in [-0.39, 0.29) is 11.3 Å². The topological polar surface area (TPSA) is 88.5 Å². The summed E-state index contributed by atoms with van der Waals surface area (Å²) in [7, 11) is 5.34. The molecule has 0 bridgehead atoms. The van der Waals surface area contributed by atoms with Gasteiger partial charge in [0.05, 0.1) is 31.9 Å². The SMILES string of the molecule is CCCOc1ccc([C@@H]2C(=C(O)c3ccc(OCC)cc3)C(=O)C(=O)N2CCN(C)C)cc1OC. The molecular formula is C27H34N2O6. The summed E-state index contributed by atoms with van der Waals surface area (Å²) in [6, 6.07) is 11.4. The summed E-state index contributed by atoms with van der Waals surface area (Å²) in [5.74, 6) is 0.138. The third-order valence-corrected chi connectivity index (χ3v) is 5.73. The summed E-state index contributed by atoms with van der Waals surface area (Å²) in [6.07, 6.45) is 0.845. The number of Topliss-reactive ketones (excluding diaryl/α,β-unsaturated/α-hetero) is 1. The number of likely N-dealkylation sites (tertiary alicyclic amines) is 1. The van der Waals surface area contributed by atoms with Crippen molar-refractivity contribution in [1.29, 1.82) is 0 Å². The van der Waals surface area contributed by atoms with Crippen LogP contribution in [0.15, 0.2) is 48.0 Å². The third-order valence-electron chi connectivity index (χ3n) is 5.73. The van der Waals surface area contributed by atoms with Crippen LogP contribution in [-0.2, 0) is 9.59 Å². The van der Waals surface area contributed by atoms with Crippen LogP contribution < -0.4 is 14.2 Å². The molecule has 8 nitrogen and oxygen atoms in total. The molecule has 3 rings (SSSR count). The van der Waals surface area contributed by atoms with Gasteiger partial charge >= 0.3 is 0 Å². The maximum Gasteiger partial charge on any atom is 0.295 e. The number of aliphatic hydroxyl groups is 1. The third kappa shape index (κ3) is 5.77. The lowest BCUT2D eigenvalue weighted by molar-refractivity contribution is -0.140. The van der Waals surface area contributed by atoms with Crippen LogP contribution in [-0.4, -0.2) is 74.1 Å². The van der Waals surface area contributed by atoms with Crippen molar-refractivity contribution in [2.24, 2.45) is 0 Å². The second-order valence-corrected chi connectivity index (χ2v) is 8.51. The number of carbonyl (C=O) groups is 2. The van der Waals surface area contributed by atoms with E-state index in [1.54, 1.807) is 49.6 Å². The van der Waals surface area contributed by atoms with Gasteiger partial charge in [-0.1, -0.05) is 13.0 Å². The van der Waals surface area contributed by atoms with Gasteiger partial charge in [-0.05, 0) is 69.4 Å². The Morgan fingerprint density at radius 1 is 1.03 bits per heavy atom. The molecule has 1 saturated heterocycles. The number of carbonyl (C=O) groups excluding carboxylic acids is 2. The predicted molar refractivity (Wildman–Crippen MR) is 134 cm³/mol. The van der Waals surface area contributed by atoms with Crippen molar-refractivity contribution in [2.45, 2.75) is 26.3 Å². The molecule has 0 unspecified atom stereocenters. The van der Waals surface area contributed by atoms with Crippen molar-refractivity contribution >= 4 is 17.4 Å². The molecule has 1 fully saturated rings. The van der Waals surface area contributed by atoms with Gasteiger partial charge < -0.3 is 29.1 Å². The lowest BCUT2D eigenvalue weighted by atomic mass is 9.95. The number of benzene rings is 2. The number of rotatable bonds is 11. The minimum absolute atomic E-state index is 0.0437. The van der Waals surface area contributed by atoms with Gasteiger partial charge in [-0.3, -0.25) is 9.59 Å². The largest absolute Gasteiger partial charge is 0.507 e. The fourth-order valence-electron chi connectivity index (χ4n) is 3.98. The number of ketones is 1. The normalized spacial score (nSPS) is 17.2. The molecule has 1 atom stereocenters. The number of amides is 1. The van der Waals surface area contributed by atoms with E-state index in [1.807, 2.05) is 32.8 Å². The summed E-state index contributed by atoms with van der Waals surface area (Å²) < 4.78 is 16.8. The Hall–Kier alpha value is -3.52. The summed E-state index contributed by atoms with van der Waals surface area (Å²) in [4.78, 5) is 29.7. The first-order valence-electron chi connectivity index (χ1n) is 11.8. The van der Waals surface area contributed by atoms with E-state index in [2.05, 4.69) is 0 Å². The zero-order chi connectivity index (χ0) is 25.5. The zero-order valence-corrected chi connectivity index (χ0v) is 21.0. The molecule has 188 valence electrons. The predicted octanol–water partition coefficient (Wildman–Crippen LogP) is 3.87. The maximum absolute atomic E-state index is 13.2. The van der Waals surface area contributed by atoms with Gasteiger partial charge in [0.1, 0.15) is 11.5 Å².